The molecule has 0 fully saturated rings. The van der Waals surface area contributed by atoms with Crippen LogP contribution in [0.15, 0.2) is 48.5 Å². The normalized spacial score (nSPS) is 10.5. The molecular formula is C17H12F3NO. The number of halogens is 3. The number of nitrogens with one attached hydrogen (secondary N) is 1. The topological polar surface area (TPSA) is 29.1 Å². The molecule has 0 bridgehead atoms. The van der Waals surface area contributed by atoms with Crippen molar-refractivity contribution in [2.24, 2.45) is 0 Å². The van der Waals surface area contributed by atoms with E-state index in [0.717, 1.165) is 11.1 Å². The molecule has 2 rings (SSSR count). The molecule has 0 heterocycles. The predicted octanol–water partition coefficient (Wildman–Crippen LogP) is 3.90. The number of alkyl halides is 3. The minimum Gasteiger partial charge on any atom is -0.317 e. The number of hydrogen-bond acceptors (Lipinski definition) is 1. The standard InChI is InChI=1S/C17H12F3NO/c1-12-6-8-13(9-7-12)10-11-14-4-2-3-5-15(14)21-16(22)17(18,19)20/h2-9H,1H3,(H,21,22). The zero-order valence-corrected chi connectivity index (χ0v) is 11.7. The molecule has 0 spiro atoms. The summed E-state index contributed by atoms with van der Waals surface area (Å²) in [5.41, 5.74) is 2.18. The lowest BCUT2D eigenvalue weighted by Crippen LogP contribution is -2.30. The van der Waals surface area contributed by atoms with Gasteiger partial charge in [0.05, 0.1) is 5.69 Å². The fourth-order valence-corrected chi connectivity index (χ4v) is 1.67. The van der Waals surface area contributed by atoms with Crippen LogP contribution in [0.25, 0.3) is 0 Å². The number of anilines is 1. The fourth-order valence-electron chi connectivity index (χ4n) is 1.67. The van der Waals surface area contributed by atoms with Crippen LogP contribution in [0.3, 0.4) is 0 Å². The molecule has 0 aliphatic heterocycles. The first kappa shape index (κ1) is 15.6. The van der Waals surface area contributed by atoms with E-state index in [-0.39, 0.29) is 5.69 Å². The highest BCUT2D eigenvalue weighted by molar-refractivity contribution is 5.96. The summed E-state index contributed by atoms with van der Waals surface area (Å²) in [6.45, 7) is 1.94. The maximum Gasteiger partial charge on any atom is 0.471 e. The largest absolute Gasteiger partial charge is 0.471 e. The number of hydrogen-bond donors (Lipinski definition) is 1. The predicted molar refractivity (Wildman–Crippen MR) is 78.3 cm³/mol. The van der Waals surface area contributed by atoms with E-state index in [1.165, 1.54) is 12.1 Å². The Bertz CT molecular complexity index is 737. The molecule has 5 heteroatoms. The molecule has 1 amide bonds. The number of benzene rings is 2. The molecule has 0 aliphatic carbocycles. The number of rotatable bonds is 1. The van der Waals surface area contributed by atoms with Gasteiger partial charge in [0.1, 0.15) is 0 Å². The van der Waals surface area contributed by atoms with Crippen LogP contribution in [0.5, 0.6) is 0 Å². The molecule has 0 atom stereocenters. The molecule has 0 saturated carbocycles. The molecule has 2 aromatic carbocycles. The van der Waals surface area contributed by atoms with Crippen molar-refractivity contribution in [1.29, 1.82) is 0 Å². The van der Waals surface area contributed by atoms with E-state index in [9.17, 15) is 18.0 Å². The lowest BCUT2D eigenvalue weighted by atomic mass is 10.1. The molecule has 0 unspecified atom stereocenters. The Morgan fingerprint density at radius 3 is 2.27 bits per heavy atom. The van der Waals surface area contributed by atoms with E-state index >= 15 is 0 Å². The Hall–Kier alpha value is -2.74. The van der Waals surface area contributed by atoms with Gasteiger partial charge >= 0.3 is 12.1 Å². The van der Waals surface area contributed by atoms with Crippen LogP contribution in [-0.2, 0) is 4.79 Å². The molecule has 2 aromatic rings. The zero-order chi connectivity index (χ0) is 16.2. The Balaban J connectivity index is 2.26. The van der Waals surface area contributed by atoms with E-state index < -0.39 is 12.1 Å². The third-order valence-electron chi connectivity index (χ3n) is 2.83. The van der Waals surface area contributed by atoms with E-state index in [2.05, 4.69) is 11.8 Å². The molecule has 0 aromatic heterocycles. The highest BCUT2D eigenvalue weighted by atomic mass is 19.4. The van der Waals surface area contributed by atoms with Crippen LogP contribution < -0.4 is 5.32 Å². The molecule has 0 aliphatic rings. The number of para-hydroxylation sites is 1. The molecule has 22 heavy (non-hydrogen) atoms. The van der Waals surface area contributed by atoms with Crippen molar-refractivity contribution in [3.8, 4) is 11.8 Å². The molecule has 112 valence electrons. The molecule has 0 saturated heterocycles. The maximum atomic E-state index is 12.3. The minimum atomic E-state index is -4.93. The molecule has 2 nitrogen and oxygen atoms in total. The van der Waals surface area contributed by atoms with Gasteiger partial charge in [-0.3, -0.25) is 4.79 Å². The average molecular weight is 303 g/mol. The summed E-state index contributed by atoms with van der Waals surface area (Å²) in [7, 11) is 0. The summed E-state index contributed by atoms with van der Waals surface area (Å²) in [6.07, 6.45) is -4.93. The van der Waals surface area contributed by atoms with E-state index in [4.69, 9.17) is 0 Å². The van der Waals surface area contributed by atoms with Gasteiger partial charge in [0.15, 0.2) is 0 Å². The minimum absolute atomic E-state index is 0.0319. The van der Waals surface area contributed by atoms with Crippen molar-refractivity contribution in [2.75, 3.05) is 5.32 Å². The Morgan fingerprint density at radius 2 is 1.64 bits per heavy atom. The monoisotopic (exact) mass is 303 g/mol. The van der Waals surface area contributed by atoms with Gasteiger partial charge in [0.2, 0.25) is 0 Å². The Morgan fingerprint density at radius 1 is 1.00 bits per heavy atom. The Kier molecular flexibility index (Phi) is 4.52. The third kappa shape index (κ3) is 4.13. The number of carbonyl (C=O) groups excluding carboxylic acids is 1. The fraction of sp³-hybridized carbons (Fsp3) is 0.118. The summed E-state index contributed by atoms with van der Waals surface area (Å²) in [5.74, 6) is 3.62. The van der Waals surface area contributed by atoms with Crippen LogP contribution in [-0.4, -0.2) is 12.1 Å². The summed E-state index contributed by atoms with van der Waals surface area (Å²) in [4.78, 5) is 11.0. The Labute approximate surface area is 126 Å². The molecule has 0 radical (unpaired) electrons. The van der Waals surface area contributed by atoms with Crippen molar-refractivity contribution >= 4 is 11.6 Å². The van der Waals surface area contributed by atoms with Gasteiger partial charge in [-0.1, -0.05) is 41.7 Å². The number of amides is 1. The smallest absolute Gasteiger partial charge is 0.317 e. The van der Waals surface area contributed by atoms with Gasteiger partial charge < -0.3 is 5.32 Å². The zero-order valence-electron chi connectivity index (χ0n) is 11.7. The van der Waals surface area contributed by atoms with Crippen LogP contribution in [0.4, 0.5) is 18.9 Å². The maximum absolute atomic E-state index is 12.3. The van der Waals surface area contributed by atoms with Crippen LogP contribution in [0, 0.1) is 18.8 Å². The summed E-state index contributed by atoms with van der Waals surface area (Å²) < 4.78 is 36.9. The SMILES string of the molecule is Cc1ccc(C#Cc2ccccc2NC(=O)C(F)(F)F)cc1. The van der Waals surface area contributed by atoms with Gasteiger partial charge in [0.25, 0.3) is 0 Å². The van der Waals surface area contributed by atoms with Gasteiger partial charge in [-0.05, 0) is 31.2 Å². The van der Waals surface area contributed by atoms with Crippen molar-refractivity contribution in [3.63, 3.8) is 0 Å². The van der Waals surface area contributed by atoms with Gasteiger partial charge in [-0.25, -0.2) is 0 Å². The number of carbonyl (C=O) groups is 1. The van der Waals surface area contributed by atoms with Crippen LogP contribution in [0.1, 0.15) is 16.7 Å². The van der Waals surface area contributed by atoms with Gasteiger partial charge in [-0.15, -0.1) is 0 Å². The first-order valence-corrected chi connectivity index (χ1v) is 6.42. The second kappa shape index (κ2) is 6.35. The number of aryl methyl sites for hydroxylation is 1. The average Bonchev–Trinajstić information content (AvgIpc) is 2.47. The first-order chi connectivity index (χ1) is 10.4. The first-order valence-electron chi connectivity index (χ1n) is 6.42. The van der Waals surface area contributed by atoms with E-state index in [0.29, 0.717) is 5.56 Å². The van der Waals surface area contributed by atoms with Gasteiger partial charge in [0, 0.05) is 11.1 Å². The second-order valence-electron chi connectivity index (χ2n) is 4.61. The van der Waals surface area contributed by atoms with Crippen molar-refractivity contribution in [1.82, 2.24) is 0 Å². The van der Waals surface area contributed by atoms with E-state index in [1.54, 1.807) is 12.1 Å². The van der Waals surface area contributed by atoms with Crippen molar-refractivity contribution in [3.05, 3.63) is 65.2 Å². The second-order valence-corrected chi connectivity index (χ2v) is 4.61. The molecular weight excluding hydrogens is 291 g/mol. The lowest BCUT2D eigenvalue weighted by molar-refractivity contribution is -0.167. The highest BCUT2D eigenvalue weighted by Crippen LogP contribution is 2.20. The van der Waals surface area contributed by atoms with Crippen LogP contribution in [0.2, 0.25) is 0 Å². The van der Waals surface area contributed by atoms with Gasteiger partial charge in [-0.2, -0.15) is 13.2 Å². The van der Waals surface area contributed by atoms with E-state index in [1.807, 2.05) is 36.5 Å². The van der Waals surface area contributed by atoms with Crippen molar-refractivity contribution in [2.45, 2.75) is 13.1 Å². The third-order valence-corrected chi connectivity index (χ3v) is 2.83. The summed E-state index contributed by atoms with van der Waals surface area (Å²) in [5, 5.41) is 1.83. The highest BCUT2D eigenvalue weighted by Gasteiger charge is 2.38. The lowest BCUT2D eigenvalue weighted by Gasteiger charge is -2.09. The quantitative estimate of drug-likeness (QED) is 0.796. The molecule has 1 N–H and O–H groups in total. The summed E-state index contributed by atoms with van der Waals surface area (Å²) in [6, 6.07) is 13.5. The van der Waals surface area contributed by atoms with Crippen LogP contribution >= 0.6 is 0 Å². The van der Waals surface area contributed by atoms with Crippen molar-refractivity contribution < 1.29 is 18.0 Å². The summed E-state index contributed by atoms with van der Waals surface area (Å²) >= 11 is 0.